The van der Waals surface area contributed by atoms with Crippen LogP contribution in [0.4, 0.5) is 0 Å². The van der Waals surface area contributed by atoms with Crippen molar-refractivity contribution in [1.82, 2.24) is 24.9 Å². The summed E-state index contributed by atoms with van der Waals surface area (Å²) in [6, 6.07) is 3.50. The molecule has 0 aromatic carbocycles. The number of amides is 1. The lowest BCUT2D eigenvalue weighted by Crippen LogP contribution is -2.31. The van der Waals surface area contributed by atoms with Gasteiger partial charge in [0.25, 0.3) is 5.91 Å². The Morgan fingerprint density at radius 2 is 2.45 bits per heavy atom. The van der Waals surface area contributed by atoms with Gasteiger partial charge in [0.05, 0.1) is 24.0 Å². The minimum Gasteiger partial charge on any atom is -0.390 e. The minimum absolute atomic E-state index is 0.0407. The Morgan fingerprint density at radius 3 is 3.10 bits per heavy atom. The van der Waals surface area contributed by atoms with Gasteiger partial charge < -0.3 is 10.0 Å². The summed E-state index contributed by atoms with van der Waals surface area (Å²) in [5.74, 6) is -0.0679. The lowest BCUT2D eigenvalue weighted by atomic mass is 10.1. The second kappa shape index (κ2) is 5.09. The van der Waals surface area contributed by atoms with Gasteiger partial charge in [-0.1, -0.05) is 0 Å². The lowest BCUT2D eigenvalue weighted by Gasteiger charge is -2.22. The SMILES string of the molecule is Cn1ccc(C(=O)N2CCC[C@H]2c2cc(CO)[nH]n2)n1. The van der Waals surface area contributed by atoms with Crippen LogP contribution in [0.5, 0.6) is 0 Å². The third kappa shape index (κ3) is 2.20. The van der Waals surface area contributed by atoms with E-state index in [4.69, 9.17) is 5.11 Å². The van der Waals surface area contributed by atoms with Crippen molar-refractivity contribution in [3.05, 3.63) is 35.4 Å². The second-order valence-electron chi connectivity index (χ2n) is 5.01. The first kappa shape index (κ1) is 12.9. The van der Waals surface area contributed by atoms with Crippen molar-refractivity contribution in [3.8, 4) is 0 Å². The first-order valence-corrected chi connectivity index (χ1v) is 6.64. The van der Waals surface area contributed by atoms with Crippen molar-refractivity contribution in [1.29, 1.82) is 0 Å². The summed E-state index contributed by atoms with van der Waals surface area (Å²) in [5.41, 5.74) is 1.92. The van der Waals surface area contributed by atoms with Crippen molar-refractivity contribution < 1.29 is 9.90 Å². The van der Waals surface area contributed by atoms with Crippen LogP contribution in [0.15, 0.2) is 18.3 Å². The van der Waals surface area contributed by atoms with Gasteiger partial charge in [0.2, 0.25) is 0 Å². The van der Waals surface area contributed by atoms with Crippen molar-refractivity contribution in [2.45, 2.75) is 25.5 Å². The Morgan fingerprint density at radius 1 is 1.60 bits per heavy atom. The van der Waals surface area contributed by atoms with Crippen molar-refractivity contribution in [2.24, 2.45) is 7.05 Å². The highest BCUT2D eigenvalue weighted by molar-refractivity contribution is 5.92. The molecule has 106 valence electrons. The largest absolute Gasteiger partial charge is 0.390 e. The van der Waals surface area contributed by atoms with Crippen LogP contribution in [0.1, 0.15) is 40.8 Å². The average Bonchev–Trinajstić information content (AvgIpc) is 3.17. The number of aromatic amines is 1. The van der Waals surface area contributed by atoms with Gasteiger partial charge in [0.15, 0.2) is 0 Å². The second-order valence-corrected chi connectivity index (χ2v) is 5.01. The van der Waals surface area contributed by atoms with Crippen LogP contribution < -0.4 is 0 Å². The van der Waals surface area contributed by atoms with E-state index in [9.17, 15) is 4.79 Å². The van der Waals surface area contributed by atoms with E-state index in [-0.39, 0.29) is 18.6 Å². The molecule has 0 radical (unpaired) electrons. The van der Waals surface area contributed by atoms with E-state index in [1.54, 1.807) is 28.9 Å². The zero-order valence-electron chi connectivity index (χ0n) is 11.3. The summed E-state index contributed by atoms with van der Waals surface area (Å²) in [6.07, 6.45) is 3.59. The molecule has 1 amide bonds. The van der Waals surface area contributed by atoms with E-state index in [0.717, 1.165) is 18.5 Å². The van der Waals surface area contributed by atoms with Crippen LogP contribution in [0, 0.1) is 0 Å². The van der Waals surface area contributed by atoms with Gasteiger partial charge in [-0.15, -0.1) is 0 Å². The first-order valence-electron chi connectivity index (χ1n) is 6.64. The topological polar surface area (TPSA) is 87.0 Å². The summed E-state index contributed by atoms with van der Waals surface area (Å²) >= 11 is 0. The monoisotopic (exact) mass is 275 g/mol. The number of nitrogens with zero attached hydrogens (tertiary/aromatic N) is 4. The smallest absolute Gasteiger partial charge is 0.274 e. The molecule has 0 aliphatic carbocycles. The third-order valence-corrected chi connectivity index (χ3v) is 3.61. The molecule has 3 rings (SSSR count). The number of aliphatic hydroxyl groups is 1. The Kier molecular flexibility index (Phi) is 3.27. The summed E-state index contributed by atoms with van der Waals surface area (Å²) in [5, 5.41) is 20.2. The standard InChI is InChI=1S/C13H17N5O2/c1-17-6-4-10(16-17)13(20)18-5-2-3-12(18)11-7-9(8-19)14-15-11/h4,6-7,12,19H,2-3,5,8H2,1H3,(H,14,15)/t12-/m0/s1. The lowest BCUT2D eigenvalue weighted by molar-refractivity contribution is 0.0726. The molecule has 7 heteroatoms. The Bertz CT molecular complexity index is 618. The number of carbonyl (C=O) groups is 1. The number of likely N-dealkylation sites (tertiary alicyclic amines) is 1. The van der Waals surface area contributed by atoms with Crippen LogP contribution in [-0.2, 0) is 13.7 Å². The number of H-pyrrole nitrogens is 1. The fourth-order valence-electron chi connectivity index (χ4n) is 2.62. The van der Waals surface area contributed by atoms with Crippen LogP contribution in [-0.4, -0.2) is 42.4 Å². The van der Waals surface area contributed by atoms with Crippen LogP contribution in [0.3, 0.4) is 0 Å². The van der Waals surface area contributed by atoms with E-state index in [0.29, 0.717) is 17.9 Å². The van der Waals surface area contributed by atoms with Gasteiger partial charge in [-0.3, -0.25) is 14.6 Å². The number of rotatable bonds is 3. The Labute approximate surface area is 116 Å². The van der Waals surface area contributed by atoms with Crippen LogP contribution in [0.2, 0.25) is 0 Å². The summed E-state index contributed by atoms with van der Waals surface area (Å²) in [7, 11) is 1.79. The van der Waals surface area contributed by atoms with Gasteiger partial charge in [-0.2, -0.15) is 10.2 Å². The summed E-state index contributed by atoms with van der Waals surface area (Å²) in [6.45, 7) is 0.634. The highest BCUT2D eigenvalue weighted by atomic mass is 16.3. The molecular formula is C13H17N5O2. The number of hydrogen-bond donors (Lipinski definition) is 2. The van der Waals surface area contributed by atoms with Crippen LogP contribution in [0.25, 0.3) is 0 Å². The Balaban J connectivity index is 1.83. The maximum absolute atomic E-state index is 12.5. The zero-order chi connectivity index (χ0) is 14.1. The molecule has 3 heterocycles. The molecule has 0 unspecified atom stereocenters. The molecule has 1 aliphatic heterocycles. The predicted molar refractivity (Wildman–Crippen MR) is 70.7 cm³/mol. The number of aromatic nitrogens is 4. The van der Waals surface area contributed by atoms with Crippen molar-refractivity contribution in [2.75, 3.05) is 6.54 Å². The molecule has 1 fully saturated rings. The molecule has 1 aliphatic rings. The van der Waals surface area contributed by atoms with Gasteiger partial charge in [0.1, 0.15) is 5.69 Å². The molecule has 2 N–H and O–H groups in total. The quantitative estimate of drug-likeness (QED) is 0.859. The fraction of sp³-hybridized carbons (Fsp3) is 0.462. The maximum Gasteiger partial charge on any atom is 0.274 e. The molecule has 20 heavy (non-hydrogen) atoms. The van der Waals surface area contributed by atoms with Crippen molar-refractivity contribution >= 4 is 5.91 Å². The zero-order valence-corrected chi connectivity index (χ0v) is 11.3. The van der Waals surface area contributed by atoms with E-state index in [2.05, 4.69) is 15.3 Å². The summed E-state index contributed by atoms with van der Waals surface area (Å²) in [4.78, 5) is 14.3. The van der Waals surface area contributed by atoms with E-state index < -0.39 is 0 Å². The molecule has 0 spiro atoms. The Hall–Kier alpha value is -2.15. The number of aryl methyl sites for hydroxylation is 1. The molecular weight excluding hydrogens is 258 g/mol. The highest BCUT2D eigenvalue weighted by Gasteiger charge is 2.33. The first-order chi connectivity index (χ1) is 9.69. The van der Waals surface area contributed by atoms with Gasteiger partial charge in [0, 0.05) is 19.8 Å². The highest BCUT2D eigenvalue weighted by Crippen LogP contribution is 2.32. The number of hydrogen-bond acceptors (Lipinski definition) is 4. The summed E-state index contributed by atoms with van der Waals surface area (Å²) < 4.78 is 1.62. The molecule has 0 saturated carbocycles. The average molecular weight is 275 g/mol. The van der Waals surface area contributed by atoms with E-state index in [1.165, 1.54) is 0 Å². The van der Waals surface area contributed by atoms with Crippen LogP contribution >= 0.6 is 0 Å². The normalized spacial score (nSPS) is 18.7. The number of nitrogens with one attached hydrogen (secondary N) is 1. The molecule has 7 nitrogen and oxygen atoms in total. The number of aliphatic hydroxyl groups excluding tert-OH is 1. The fourth-order valence-corrected chi connectivity index (χ4v) is 2.62. The third-order valence-electron chi connectivity index (χ3n) is 3.61. The minimum atomic E-state index is -0.0755. The van der Waals surface area contributed by atoms with E-state index in [1.807, 2.05) is 6.07 Å². The number of carbonyl (C=O) groups excluding carboxylic acids is 1. The van der Waals surface area contributed by atoms with E-state index >= 15 is 0 Å². The maximum atomic E-state index is 12.5. The molecule has 1 atom stereocenters. The van der Waals surface area contributed by atoms with Gasteiger partial charge in [-0.05, 0) is 25.0 Å². The molecule has 2 aromatic heterocycles. The predicted octanol–water partition coefficient (Wildman–Crippen LogP) is 0.613. The molecule has 1 saturated heterocycles. The van der Waals surface area contributed by atoms with Crippen molar-refractivity contribution in [3.63, 3.8) is 0 Å². The molecule has 2 aromatic rings. The van der Waals surface area contributed by atoms with Gasteiger partial charge in [-0.25, -0.2) is 0 Å². The molecule has 0 bridgehead atoms. The van der Waals surface area contributed by atoms with Gasteiger partial charge >= 0.3 is 0 Å².